The van der Waals surface area contributed by atoms with Crippen LogP contribution in [0.4, 0.5) is 0 Å². The Balaban J connectivity index is 1.75. The van der Waals surface area contributed by atoms with Gasteiger partial charge in [0.1, 0.15) is 30.0 Å². The van der Waals surface area contributed by atoms with Crippen LogP contribution in [0.5, 0.6) is 11.5 Å². The molecule has 2 aromatic carbocycles. The van der Waals surface area contributed by atoms with E-state index in [1.54, 1.807) is 37.5 Å². The Hall–Kier alpha value is -3.58. The van der Waals surface area contributed by atoms with E-state index in [9.17, 15) is 14.7 Å². The van der Waals surface area contributed by atoms with E-state index >= 15 is 0 Å². The van der Waals surface area contributed by atoms with Gasteiger partial charge in [-0.2, -0.15) is 0 Å². The molecule has 2 aromatic rings. The molecule has 2 atom stereocenters. The third kappa shape index (κ3) is 4.56. The lowest BCUT2D eigenvalue weighted by atomic mass is 9.94. The van der Waals surface area contributed by atoms with Crippen LogP contribution < -0.4 is 9.47 Å². The van der Waals surface area contributed by atoms with E-state index in [-0.39, 0.29) is 17.4 Å². The van der Waals surface area contributed by atoms with Crippen LogP contribution in [0.1, 0.15) is 36.1 Å². The van der Waals surface area contributed by atoms with Crippen LogP contribution in [0.2, 0.25) is 0 Å². The zero-order valence-corrected chi connectivity index (χ0v) is 19.5. The second-order valence-electron chi connectivity index (χ2n) is 8.46. The van der Waals surface area contributed by atoms with Gasteiger partial charge in [0.15, 0.2) is 0 Å². The third-order valence-electron chi connectivity index (χ3n) is 6.02. The number of carbonyl (C=O) groups excluding carboxylic acids is 2. The van der Waals surface area contributed by atoms with E-state index in [0.717, 1.165) is 17.7 Å². The number of hydrogen-bond donors (Lipinski definition) is 1. The second-order valence-corrected chi connectivity index (χ2v) is 8.46. The topological polar surface area (TPSA) is 85.3 Å². The van der Waals surface area contributed by atoms with Gasteiger partial charge in [-0.05, 0) is 54.8 Å². The molecule has 1 amide bonds. The second kappa shape index (κ2) is 10.1. The van der Waals surface area contributed by atoms with Crippen molar-refractivity contribution in [2.45, 2.75) is 31.9 Å². The number of methoxy groups -OCH3 is 1. The van der Waals surface area contributed by atoms with Crippen molar-refractivity contribution in [3.8, 4) is 11.5 Å². The maximum absolute atomic E-state index is 13.1. The molecule has 0 saturated carbocycles. The summed E-state index contributed by atoms with van der Waals surface area (Å²) in [5.74, 6) is -0.0971. The first-order chi connectivity index (χ1) is 16.4. The molecule has 7 heteroatoms. The Morgan fingerprint density at radius 2 is 2.00 bits per heavy atom. The number of Topliss-reactive ketones (excluding diaryl/α,β-unsaturated/α-hetero) is 1. The predicted molar refractivity (Wildman–Crippen MR) is 128 cm³/mol. The first-order valence-corrected chi connectivity index (χ1v) is 11.4. The highest BCUT2D eigenvalue weighted by Gasteiger charge is 2.45. The molecule has 1 N–H and O–H groups in total. The Morgan fingerprint density at radius 1 is 1.24 bits per heavy atom. The van der Waals surface area contributed by atoms with Crippen LogP contribution in [-0.2, 0) is 20.7 Å². The highest BCUT2D eigenvalue weighted by molar-refractivity contribution is 6.46. The van der Waals surface area contributed by atoms with Crippen molar-refractivity contribution in [3.63, 3.8) is 0 Å². The van der Waals surface area contributed by atoms with Gasteiger partial charge in [0.2, 0.25) is 0 Å². The number of benzene rings is 2. The van der Waals surface area contributed by atoms with Gasteiger partial charge in [-0.3, -0.25) is 9.59 Å². The van der Waals surface area contributed by atoms with Crippen molar-refractivity contribution >= 4 is 17.4 Å². The number of ketones is 1. The van der Waals surface area contributed by atoms with Gasteiger partial charge in [-0.25, -0.2) is 0 Å². The highest BCUT2D eigenvalue weighted by Crippen LogP contribution is 2.41. The zero-order chi connectivity index (χ0) is 24.2. The number of hydrogen-bond acceptors (Lipinski definition) is 6. The molecule has 1 fully saturated rings. The number of fused-ring (bicyclic) bond motifs is 1. The summed E-state index contributed by atoms with van der Waals surface area (Å²) in [6, 6.07) is 11.8. The molecule has 34 heavy (non-hydrogen) atoms. The van der Waals surface area contributed by atoms with Gasteiger partial charge in [-0.15, -0.1) is 0 Å². The third-order valence-corrected chi connectivity index (χ3v) is 6.02. The van der Waals surface area contributed by atoms with Crippen LogP contribution in [0.25, 0.3) is 5.76 Å². The van der Waals surface area contributed by atoms with Crippen LogP contribution in [0, 0.1) is 0 Å². The molecule has 0 aliphatic carbocycles. The first-order valence-electron chi connectivity index (χ1n) is 11.4. The average molecular weight is 464 g/mol. The molecule has 1 saturated heterocycles. The maximum Gasteiger partial charge on any atom is 0.295 e. The summed E-state index contributed by atoms with van der Waals surface area (Å²) in [6.45, 7) is 6.77. The molecule has 0 radical (unpaired) electrons. The van der Waals surface area contributed by atoms with Gasteiger partial charge in [0.25, 0.3) is 11.7 Å². The van der Waals surface area contributed by atoms with E-state index in [1.807, 2.05) is 25.1 Å². The van der Waals surface area contributed by atoms with Gasteiger partial charge < -0.3 is 24.2 Å². The van der Waals surface area contributed by atoms with E-state index < -0.39 is 17.7 Å². The number of nitrogens with zero attached hydrogens (tertiary/aromatic N) is 1. The molecule has 0 bridgehead atoms. The van der Waals surface area contributed by atoms with Gasteiger partial charge in [0.05, 0.1) is 11.6 Å². The number of likely N-dealkylation sites (tertiary alicyclic amines) is 1. The lowest BCUT2D eigenvalue weighted by Crippen LogP contribution is -2.31. The summed E-state index contributed by atoms with van der Waals surface area (Å²) in [7, 11) is 1.59. The first kappa shape index (κ1) is 23.6. The molecule has 2 heterocycles. The van der Waals surface area contributed by atoms with Gasteiger partial charge in [0, 0.05) is 32.2 Å². The van der Waals surface area contributed by atoms with Crippen molar-refractivity contribution in [2.24, 2.45) is 0 Å². The molecule has 4 rings (SSSR count). The Morgan fingerprint density at radius 3 is 2.71 bits per heavy atom. The van der Waals surface area contributed by atoms with Gasteiger partial charge in [-0.1, -0.05) is 24.8 Å². The number of rotatable bonds is 9. The average Bonchev–Trinajstić information content (AvgIpc) is 3.33. The zero-order valence-electron chi connectivity index (χ0n) is 19.5. The van der Waals surface area contributed by atoms with E-state index in [1.165, 1.54) is 4.90 Å². The number of carbonyl (C=O) groups is 2. The van der Waals surface area contributed by atoms with Crippen LogP contribution in [0.3, 0.4) is 0 Å². The van der Waals surface area contributed by atoms with Crippen LogP contribution >= 0.6 is 0 Å². The number of aliphatic hydroxyl groups is 1. The maximum atomic E-state index is 13.1. The van der Waals surface area contributed by atoms with Crippen molar-refractivity contribution < 1.29 is 28.9 Å². The smallest absolute Gasteiger partial charge is 0.295 e. The normalized spacial score (nSPS) is 20.8. The molecule has 0 aromatic heterocycles. The van der Waals surface area contributed by atoms with Crippen molar-refractivity contribution in [1.82, 2.24) is 4.90 Å². The van der Waals surface area contributed by atoms with E-state index in [0.29, 0.717) is 43.1 Å². The lowest BCUT2D eigenvalue weighted by Gasteiger charge is -2.25. The lowest BCUT2D eigenvalue weighted by molar-refractivity contribution is -0.140. The quantitative estimate of drug-likeness (QED) is 0.199. The monoisotopic (exact) mass is 463 g/mol. The summed E-state index contributed by atoms with van der Waals surface area (Å²) in [5, 5.41) is 11.3. The number of amides is 1. The fraction of sp³-hybridized carbons (Fsp3) is 0.333. The fourth-order valence-electron chi connectivity index (χ4n) is 4.46. The van der Waals surface area contributed by atoms with E-state index in [2.05, 4.69) is 6.58 Å². The minimum atomic E-state index is -0.714. The summed E-state index contributed by atoms with van der Waals surface area (Å²) >= 11 is 0. The van der Waals surface area contributed by atoms with Crippen molar-refractivity contribution in [2.75, 3.05) is 26.9 Å². The SMILES string of the molecule is C=CCOc1ccc([C@H]2C(=C(O)c3ccc4c(c3)C[C@@H](C)O4)C(=O)C(=O)N2CCCOC)cc1. The Labute approximate surface area is 199 Å². The summed E-state index contributed by atoms with van der Waals surface area (Å²) in [4.78, 5) is 27.6. The van der Waals surface area contributed by atoms with Crippen molar-refractivity contribution in [1.29, 1.82) is 0 Å². The molecular weight excluding hydrogens is 434 g/mol. The number of ether oxygens (including phenoxy) is 3. The minimum Gasteiger partial charge on any atom is -0.507 e. The predicted octanol–water partition coefficient (Wildman–Crippen LogP) is 4.03. The summed E-state index contributed by atoms with van der Waals surface area (Å²) in [6.07, 6.45) is 2.99. The molecule has 7 nitrogen and oxygen atoms in total. The Kier molecular flexibility index (Phi) is 7.03. The largest absolute Gasteiger partial charge is 0.507 e. The van der Waals surface area contributed by atoms with E-state index in [4.69, 9.17) is 14.2 Å². The fourth-order valence-corrected chi connectivity index (χ4v) is 4.46. The molecular formula is C27H29NO6. The summed E-state index contributed by atoms with van der Waals surface area (Å²) < 4.78 is 16.4. The Bertz CT molecular complexity index is 1120. The molecule has 178 valence electrons. The highest BCUT2D eigenvalue weighted by atomic mass is 16.5. The van der Waals surface area contributed by atoms with Crippen LogP contribution in [-0.4, -0.2) is 54.7 Å². The minimum absolute atomic E-state index is 0.0561. The molecule has 2 aliphatic rings. The summed E-state index contributed by atoms with van der Waals surface area (Å²) in [5.41, 5.74) is 2.24. The standard InChI is InChI=1S/C27H29NO6/c1-4-13-33-21-9-6-18(7-10-21)24-23(26(30)27(31)28(24)12-5-14-32-3)25(29)19-8-11-22-20(16-19)15-17(2)34-22/h4,6-11,16-17,24,29H,1,5,12-15H2,2-3H3/t17-,24+/m1/s1. The van der Waals surface area contributed by atoms with Crippen LogP contribution in [0.15, 0.2) is 60.7 Å². The number of aliphatic hydroxyl groups excluding tert-OH is 1. The molecule has 0 unspecified atom stereocenters. The molecule has 2 aliphatic heterocycles. The van der Waals surface area contributed by atoms with Crippen molar-refractivity contribution in [3.05, 3.63) is 77.4 Å². The molecule has 0 spiro atoms. The van der Waals surface area contributed by atoms with Gasteiger partial charge >= 0.3 is 0 Å².